The summed E-state index contributed by atoms with van der Waals surface area (Å²) >= 11 is 0. The number of amides is 1. The average molecular weight is 314 g/mol. The molecule has 23 heavy (non-hydrogen) atoms. The third-order valence-electron chi connectivity index (χ3n) is 4.28. The topological polar surface area (TPSA) is 69.0 Å². The SMILES string of the molecule is CCn1cc([C@H]2OCC[C@@H]2C(=O)N[C@@H](C)c2cccnc2)cn1. The van der Waals surface area contributed by atoms with E-state index in [2.05, 4.69) is 15.4 Å². The van der Waals surface area contributed by atoms with Crippen LogP contribution >= 0.6 is 0 Å². The van der Waals surface area contributed by atoms with Gasteiger partial charge in [-0.05, 0) is 31.9 Å². The lowest BCUT2D eigenvalue weighted by Gasteiger charge is -2.20. The summed E-state index contributed by atoms with van der Waals surface area (Å²) in [5.74, 6) is -0.156. The molecular weight excluding hydrogens is 292 g/mol. The van der Waals surface area contributed by atoms with Crippen molar-refractivity contribution in [3.05, 3.63) is 48.0 Å². The maximum Gasteiger partial charge on any atom is 0.226 e. The van der Waals surface area contributed by atoms with Crippen LogP contribution in [0.1, 0.15) is 43.5 Å². The van der Waals surface area contributed by atoms with Gasteiger partial charge in [0, 0.05) is 37.3 Å². The van der Waals surface area contributed by atoms with Gasteiger partial charge in [-0.2, -0.15) is 5.10 Å². The predicted molar refractivity (Wildman–Crippen MR) is 85.5 cm³/mol. The van der Waals surface area contributed by atoms with Gasteiger partial charge < -0.3 is 10.1 Å². The molecule has 0 aliphatic carbocycles. The fraction of sp³-hybridized carbons (Fsp3) is 0.471. The number of carbonyl (C=O) groups excluding carboxylic acids is 1. The van der Waals surface area contributed by atoms with Gasteiger partial charge in [0.05, 0.1) is 24.3 Å². The Hall–Kier alpha value is -2.21. The first kappa shape index (κ1) is 15.7. The first-order chi connectivity index (χ1) is 11.2. The van der Waals surface area contributed by atoms with Crippen molar-refractivity contribution < 1.29 is 9.53 Å². The summed E-state index contributed by atoms with van der Waals surface area (Å²) in [6.07, 6.45) is 7.78. The summed E-state index contributed by atoms with van der Waals surface area (Å²) in [5.41, 5.74) is 1.97. The number of aromatic nitrogens is 3. The summed E-state index contributed by atoms with van der Waals surface area (Å²) < 4.78 is 7.64. The molecule has 0 radical (unpaired) electrons. The number of nitrogens with one attached hydrogen (secondary N) is 1. The molecule has 1 amide bonds. The second kappa shape index (κ2) is 6.91. The molecule has 0 spiro atoms. The van der Waals surface area contributed by atoms with E-state index < -0.39 is 0 Å². The Morgan fingerprint density at radius 2 is 2.39 bits per heavy atom. The number of pyridine rings is 1. The number of carbonyl (C=O) groups is 1. The van der Waals surface area contributed by atoms with Crippen LogP contribution in [0.25, 0.3) is 0 Å². The second-order valence-corrected chi connectivity index (χ2v) is 5.83. The maximum atomic E-state index is 12.7. The molecule has 3 heterocycles. The van der Waals surface area contributed by atoms with E-state index in [4.69, 9.17) is 4.74 Å². The van der Waals surface area contributed by atoms with Gasteiger partial charge in [0.25, 0.3) is 0 Å². The minimum absolute atomic E-state index is 0.0214. The van der Waals surface area contributed by atoms with E-state index in [9.17, 15) is 4.79 Å². The molecular formula is C17H22N4O2. The molecule has 1 N–H and O–H groups in total. The van der Waals surface area contributed by atoms with E-state index >= 15 is 0 Å². The van der Waals surface area contributed by atoms with Crippen LogP contribution in [0.5, 0.6) is 0 Å². The minimum atomic E-state index is -0.212. The largest absolute Gasteiger partial charge is 0.373 e. The van der Waals surface area contributed by atoms with Crippen LogP contribution in [0, 0.1) is 5.92 Å². The highest BCUT2D eigenvalue weighted by atomic mass is 16.5. The van der Waals surface area contributed by atoms with Crippen LogP contribution in [-0.4, -0.2) is 27.3 Å². The minimum Gasteiger partial charge on any atom is -0.373 e. The molecule has 1 aliphatic rings. The van der Waals surface area contributed by atoms with Gasteiger partial charge in [0.15, 0.2) is 0 Å². The van der Waals surface area contributed by atoms with E-state index in [0.717, 1.165) is 24.1 Å². The van der Waals surface area contributed by atoms with Crippen molar-refractivity contribution in [1.29, 1.82) is 0 Å². The van der Waals surface area contributed by atoms with Crippen molar-refractivity contribution in [1.82, 2.24) is 20.1 Å². The van der Waals surface area contributed by atoms with Crippen LogP contribution in [0.4, 0.5) is 0 Å². The van der Waals surface area contributed by atoms with E-state index in [1.807, 2.05) is 36.9 Å². The standard InChI is InChI=1S/C17H22N4O2/c1-3-21-11-14(10-19-21)16-15(6-8-23-16)17(22)20-12(2)13-5-4-7-18-9-13/h4-5,7,9-12,15-16H,3,6,8H2,1-2H3,(H,20,22)/t12-,15-,16+/m0/s1. The van der Waals surface area contributed by atoms with Crippen molar-refractivity contribution in [3.8, 4) is 0 Å². The summed E-state index contributed by atoms with van der Waals surface area (Å²) in [6.45, 7) is 5.41. The molecule has 0 saturated carbocycles. The molecule has 0 aromatic carbocycles. The zero-order valence-electron chi connectivity index (χ0n) is 13.5. The molecule has 1 fully saturated rings. The first-order valence-electron chi connectivity index (χ1n) is 8.03. The Labute approximate surface area is 135 Å². The summed E-state index contributed by atoms with van der Waals surface area (Å²) in [4.78, 5) is 16.7. The second-order valence-electron chi connectivity index (χ2n) is 5.83. The monoisotopic (exact) mass is 314 g/mol. The molecule has 0 unspecified atom stereocenters. The molecule has 1 aliphatic heterocycles. The molecule has 2 aromatic heterocycles. The van der Waals surface area contributed by atoms with Crippen LogP contribution in [0.15, 0.2) is 36.9 Å². The van der Waals surface area contributed by atoms with E-state index in [-0.39, 0.29) is 24.0 Å². The molecule has 6 nitrogen and oxygen atoms in total. The third kappa shape index (κ3) is 3.42. The highest BCUT2D eigenvalue weighted by Gasteiger charge is 2.36. The van der Waals surface area contributed by atoms with Crippen LogP contribution in [0.3, 0.4) is 0 Å². The van der Waals surface area contributed by atoms with Gasteiger partial charge in [0.2, 0.25) is 5.91 Å². The molecule has 3 rings (SSSR count). The number of hydrogen-bond acceptors (Lipinski definition) is 4. The maximum absolute atomic E-state index is 12.7. The Morgan fingerprint density at radius 3 is 3.09 bits per heavy atom. The number of aryl methyl sites for hydroxylation is 1. The summed E-state index contributed by atoms with van der Waals surface area (Å²) in [5, 5.41) is 7.35. The summed E-state index contributed by atoms with van der Waals surface area (Å²) in [7, 11) is 0. The van der Waals surface area contributed by atoms with E-state index in [1.165, 1.54) is 0 Å². The predicted octanol–water partition coefficient (Wildman–Crippen LogP) is 2.25. The van der Waals surface area contributed by atoms with Crippen molar-refractivity contribution in [2.75, 3.05) is 6.61 Å². The van der Waals surface area contributed by atoms with E-state index in [0.29, 0.717) is 6.61 Å². The third-order valence-corrected chi connectivity index (χ3v) is 4.28. The van der Waals surface area contributed by atoms with Crippen molar-refractivity contribution in [3.63, 3.8) is 0 Å². The smallest absolute Gasteiger partial charge is 0.226 e. The Kier molecular flexibility index (Phi) is 4.71. The van der Waals surface area contributed by atoms with E-state index in [1.54, 1.807) is 18.6 Å². The molecule has 1 saturated heterocycles. The molecule has 6 heteroatoms. The van der Waals surface area contributed by atoms with Gasteiger partial charge in [-0.15, -0.1) is 0 Å². The number of rotatable bonds is 5. The highest BCUT2D eigenvalue weighted by Crippen LogP contribution is 2.34. The van der Waals surface area contributed by atoms with Crippen LogP contribution < -0.4 is 5.32 Å². The highest BCUT2D eigenvalue weighted by molar-refractivity contribution is 5.80. The lowest BCUT2D eigenvalue weighted by atomic mass is 9.96. The van der Waals surface area contributed by atoms with Crippen LogP contribution in [-0.2, 0) is 16.1 Å². The zero-order chi connectivity index (χ0) is 16.2. The number of hydrogen-bond donors (Lipinski definition) is 1. The Morgan fingerprint density at radius 1 is 1.52 bits per heavy atom. The Bertz CT molecular complexity index is 656. The van der Waals surface area contributed by atoms with Crippen molar-refractivity contribution in [2.45, 2.75) is 39.0 Å². The quantitative estimate of drug-likeness (QED) is 0.919. The summed E-state index contributed by atoms with van der Waals surface area (Å²) in [6, 6.07) is 3.76. The lowest BCUT2D eigenvalue weighted by molar-refractivity contribution is -0.127. The van der Waals surface area contributed by atoms with Gasteiger partial charge in [-0.1, -0.05) is 6.07 Å². The first-order valence-corrected chi connectivity index (χ1v) is 8.03. The average Bonchev–Trinajstić information content (AvgIpc) is 3.24. The van der Waals surface area contributed by atoms with Gasteiger partial charge in [-0.3, -0.25) is 14.5 Å². The van der Waals surface area contributed by atoms with Crippen molar-refractivity contribution >= 4 is 5.91 Å². The normalized spacial score (nSPS) is 22.0. The Balaban J connectivity index is 1.68. The molecule has 2 aromatic rings. The fourth-order valence-corrected chi connectivity index (χ4v) is 2.92. The van der Waals surface area contributed by atoms with Crippen molar-refractivity contribution in [2.24, 2.45) is 5.92 Å². The van der Waals surface area contributed by atoms with Crippen LogP contribution in [0.2, 0.25) is 0 Å². The molecule has 3 atom stereocenters. The number of nitrogens with zero attached hydrogens (tertiary/aromatic N) is 3. The van der Waals surface area contributed by atoms with Gasteiger partial charge >= 0.3 is 0 Å². The lowest BCUT2D eigenvalue weighted by Crippen LogP contribution is -2.34. The number of ether oxygens (including phenoxy) is 1. The zero-order valence-corrected chi connectivity index (χ0v) is 13.5. The fourth-order valence-electron chi connectivity index (χ4n) is 2.92. The van der Waals surface area contributed by atoms with Gasteiger partial charge in [0.1, 0.15) is 0 Å². The molecule has 0 bridgehead atoms. The van der Waals surface area contributed by atoms with Gasteiger partial charge in [-0.25, -0.2) is 0 Å². The molecule has 122 valence electrons.